The number of halogens is 3. The summed E-state index contributed by atoms with van der Waals surface area (Å²) in [5.74, 6) is 0. The Kier molecular flexibility index (Phi) is 4.84. The van der Waals surface area contributed by atoms with Gasteiger partial charge in [0.25, 0.3) is 0 Å². The Bertz CT molecular complexity index is 845. The Morgan fingerprint density at radius 2 is 1.73 bits per heavy atom. The van der Waals surface area contributed by atoms with Crippen LogP contribution in [0.3, 0.4) is 0 Å². The van der Waals surface area contributed by atoms with Gasteiger partial charge in [0.05, 0.1) is 12.1 Å². The highest BCUT2D eigenvalue weighted by Gasteiger charge is 2.35. The predicted octanol–water partition coefficient (Wildman–Crippen LogP) is 5.27. The normalized spacial score (nSPS) is 20.0. The molecule has 0 spiro atoms. The zero-order chi connectivity index (χ0) is 19.1. The van der Waals surface area contributed by atoms with Crippen LogP contribution >= 0.6 is 11.8 Å². The largest absolute Gasteiger partial charge is 0.416 e. The van der Waals surface area contributed by atoms with Crippen molar-refractivity contribution in [2.24, 2.45) is 0 Å². The fourth-order valence-corrected chi connectivity index (χ4v) is 3.84. The maximum atomic E-state index is 12.7. The summed E-state index contributed by atoms with van der Waals surface area (Å²) in [7, 11) is 0. The summed E-state index contributed by atoms with van der Waals surface area (Å²) in [5.41, 5.74) is 1.67. The van der Waals surface area contributed by atoms with E-state index in [0.29, 0.717) is 5.56 Å². The number of rotatable bonds is 3. The first kappa shape index (κ1) is 18.9. The number of aryl methyl sites for hydroxylation is 2. The Balaban J connectivity index is 1.87. The molecule has 1 aliphatic rings. The lowest BCUT2D eigenvalue weighted by molar-refractivity contribution is -0.137. The second-order valence-electron chi connectivity index (χ2n) is 6.55. The number of hydrogen-bond donors (Lipinski definition) is 1. The molecule has 0 radical (unpaired) electrons. The summed E-state index contributed by atoms with van der Waals surface area (Å²) in [6.45, 7) is 4.33. The number of alkyl halides is 3. The predicted molar refractivity (Wildman–Crippen MR) is 99.5 cm³/mol. The Hall–Kier alpha value is -1.92. The molecular formula is C20H20F3NOS. The number of nitrogens with zero attached hydrogens (tertiary/aromatic N) is 1. The van der Waals surface area contributed by atoms with Crippen LogP contribution in [0, 0.1) is 13.8 Å². The monoisotopic (exact) mass is 379 g/mol. The lowest BCUT2D eigenvalue weighted by atomic mass is 9.94. The lowest BCUT2D eigenvalue weighted by Gasteiger charge is -2.27. The highest BCUT2D eigenvalue weighted by molar-refractivity contribution is 7.98. The van der Waals surface area contributed by atoms with Gasteiger partial charge in [-0.3, -0.25) is 0 Å². The third kappa shape index (κ3) is 3.48. The molecule has 0 aliphatic carbocycles. The SMILES string of the molecule is CSc1cc(N2C=CC(O)(c3ccc(C(F)(F)F)cc3)C2)c(C)cc1C. The van der Waals surface area contributed by atoms with Gasteiger partial charge in [-0.15, -0.1) is 11.8 Å². The third-order valence-electron chi connectivity index (χ3n) is 4.68. The summed E-state index contributed by atoms with van der Waals surface area (Å²) in [5, 5.41) is 10.9. The minimum atomic E-state index is -4.38. The van der Waals surface area contributed by atoms with Gasteiger partial charge in [-0.25, -0.2) is 0 Å². The van der Waals surface area contributed by atoms with Crippen molar-refractivity contribution in [3.63, 3.8) is 0 Å². The second-order valence-corrected chi connectivity index (χ2v) is 7.40. The second kappa shape index (κ2) is 6.67. The summed E-state index contributed by atoms with van der Waals surface area (Å²) < 4.78 is 38.2. The Morgan fingerprint density at radius 1 is 1.08 bits per heavy atom. The molecule has 0 saturated carbocycles. The van der Waals surface area contributed by atoms with E-state index in [9.17, 15) is 18.3 Å². The van der Waals surface area contributed by atoms with E-state index >= 15 is 0 Å². The van der Waals surface area contributed by atoms with Crippen molar-refractivity contribution >= 4 is 17.4 Å². The van der Waals surface area contributed by atoms with Gasteiger partial charge in [0.2, 0.25) is 0 Å². The number of benzene rings is 2. The van der Waals surface area contributed by atoms with Gasteiger partial charge in [0.15, 0.2) is 0 Å². The minimum absolute atomic E-state index is 0.260. The van der Waals surface area contributed by atoms with E-state index in [1.54, 1.807) is 24.0 Å². The van der Waals surface area contributed by atoms with Crippen molar-refractivity contribution in [2.75, 3.05) is 17.7 Å². The van der Waals surface area contributed by atoms with E-state index in [1.807, 2.05) is 18.1 Å². The molecule has 2 nitrogen and oxygen atoms in total. The number of aliphatic hydroxyl groups is 1. The molecule has 1 N–H and O–H groups in total. The first-order valence-corrected chi connectivity index (χ1v) is 9.38. The van der Waals surface area contributed by atoms with Crippen LogP contribution < -0.4 is 4.90 Å². The van der Waals surface area contributed by atoms with Crippen molar-refractivity contribution < 1.29 is 18.3 Å². The van der Waals surface area contributed by atoms with Crippen LogP contribution in [-0.4, -0.2) is 17.9 Å². The van der Waals surface area contributed by atoms with Gasteiger partial charge in [-0.05, 0) is 61.1 Å². The zero-order valence-electron chi connectivity index (χ0n) is 14.8. The Morgan fingerprint density at radius 3 is 2.31 bits per heavy atom. The van der Waals surface area contributed by atoms with Crippen LogP contribution in [-0.2, 0) is 11.8 Å². The molecule has 0 amide bonds. The molecule has 0 saturated heterocycles. The molecule has 1 atom stereocenters. The van der Waals surface area contributed by atoms with Crippen LogP contribution in [0.4, 0.5) is 18.9 Å². The maximum absolute atomic E-state index is 12.7. The lowest BCUT2D eigenvalue weighted by Crippen LogP contribution is -2.31. The molecule has 26 heavy (non-hydrogen) atoms. The van der Waals surface area contributed by atoms with Crippen LogP contribution in [0.15, 0.2) is 53.6 Å². The van der Waals surface area contributed by atoms with Gasteiger partial charge in [0.1, 0.15) is 5.60 Å². The van der Waals surface area contributed by atoms with Crippen molar-refractivity contribution in [2.45, 2.75) is 30.5 Å². The molecule has 0 fully saturated rings. The van der Waals surface area contributed by atoms with Crippen molar-refractivity contribution in [3.05, 3.63) is 70.9 Å². The Labute approximate surface area is 155 Å². The van der Waals surface area contributed by atoms with E-state index in [2.05, 4.69) is 19.1 Å². The van der Waals surface area contributed by atoms with Crippen LogP contribution in [0.2, 0.25) is 0 Å². The molecule has 0 aromatic heterocycles. The molecule has 6 heteroatoms. The zero-order valence-corrected chi connectivity index (χ0v) is 15.6. The molecule has 138 valence electrons. The van der Waals surface area contributed by atoms with Gasteiger partial charge in [0, 0.05) is 16.8 Å². The maximum Gasteiger partial charge on any atom is 0.416 e. The van der Waals surface area contributed by atoms with Gasteiger partial charge >= 0.3 is 6.18 Å². The van der Waals surface area contributed by atoms with Crippen LogP contribution in [0.5, 0.6) is 0 Å². The van der Waals surface area contributed by atoms with E-state index in [1.165, 1.54) is 17.7 Å². The quantitative estimate of drug-likeness (QED) is 0.736. The number of β-amino-alcohol motifs (C(OH)–C–C–N with tert-alkyl or cyclic N) is 1. The topological polar surface area (TPSA) is 23.5 Å². The molecule has 1 heterocycles. The molecular weight excluding hydrogens is 359 g/mol. The van der Waals surface area contributed by atoms with E-state index in [0.717, 1.165) is 28.3 Å². The third-order valence-corrected chi connectivity index (χ3v) is 5.56. The highest BCUT2D eigenvalue weighted by atomic mass is 32.2. The van der Waals surface area contributed by atoms with Gasteiger partial charge in [-0.1, -0.05) is 18.2 Å². The molecule has 1 aliphatic heterocycles. The first-order valence-electron chi connectivity index (χ1n) is 8.15. The fraction of sp³-hybridized carbons (Fsp3) is 0.300. The molecule has 0 bridgehead atoms. The summed E-state index contributed by atoms with van der Waals surface area (Å²) in [6, 6.07) is 8.88. The van der Waals surface area contributed by atoms with Crippen molar-refractivity contribution in [3.8, 4) is 0 Å². The standard InChI is InChI=1S/C20H20F3NOS/c1-13-10-14(2)18(26-3)11-17(13)24-9-8-19(25,12-24)15-4-6-16(7-5-15)20(21,22)23/h4-11,25H,12H2,1-3H3. The van der Waals surface area contributed by atoms with E-state index in [-0.39, 0.29) is 6.54 Å². The first-order chi connectivity index (χ1) is 12.1. The fourth-order valence-electron chi connectivity index (χ4n) is 3.23. The smallest absolute Gasteiger partial charge is 0.379 e. The molecule has 1 unspecified atom stereocenters. The van der Waals surface area contributed by atoms with E-state index < -0.39 is 17.3 Å². The summed E-state index contributed by atoms with van der Waals surface area (Å²) in [4.78, 5) is 3.09. The summed E-state index contributed by atoms with van der Waals surface area (Å²) >= 11 is 1.66. The van der Waals surface area contributed by atoms with Gasteiger partial charge < -0.3 is 10.0 Å². The van der Waals surface area contributed by atoms with Crippen molar-refractivity contribution in [1.29, 1.82) is 0 Å². The number of anilines is 1. The number of thioether (sulfide) groups is 1. The summed E-state index contributed by atoms with van der Waals surface area (Å²) in [6.07, 6.45) is 1.05. The number of hydrogen-bond acceptors (Lipinski definition) is 3. The average Bonchev–Trinajstić information content (AvgIpc) is 2.98. The van der Waals surface area contributed by atoms with E-state index in [4.69, 9.17) is 0 Å². The molecule has 2 aromatic rings. The minimum Gasteiger partial charge on any atom is -0.379 e. The molecule has 2 aromatic carbocycles. The highest BCUT2D eigenvalue weighted by Crippen LogP contribution is 2.37. The van der Waals surface area contributed by atoms with Gasteiger partial charge in [-0.2, -0.15) is 13.2 Å². The molecule has 3 rings (SSSR count). The van der Waals surface area contributed by atoms with Crippen molar-refractivity contribution in [1.82, 2.24) is 0 Å². The van der Waals surface area contributed by atoms with Crippen LogP contribution in [0.1, 0.15) is 22.3 Å². The van der Waals surface area contributed by atoms with Crippen LogP contribution in [0.25, 0.3) is 0 Å². The average molecular weight is 379 g/mol.